The number of nitrogens with one attached hydrogen (secondary N) is 1. The number of hydrogen-bond donors (Lipinski definition) is 1. The lowest BCUT2D eigenvalue weighted by molar-refractivity contribution is 0.311. The topological polar surface area (TPSA) is 28.2 Å². The summed E-state index contributed by atoms with van der Waals surface area (Å²) in [6.45, 7) is 8.08. The zero-order chi connectivity index (χ0) is 13.2. The Morgan fingerprint density at radius 1 is 1.32 bits per heavy atom. The van der Waals surface area contributed by atoms with E-state index in [1.165, 1.54) is 48.8 Å². The number of rotatable bonds is 5. The lowest BCUT2D eigenvalue weighted by Gasteiger charge is -2.33. The third-order valence-electron chi connectivity index (χ3n) is 4.44. The number of hydrogen-bond acceptors (Lipinski definition) is 4. The van der Waals surface area contributed by atoms with Gasteiger partial charge in [0, 0.05) is 36.8 Å². The third kappa shape index (κ3) is 3.48. The quantitative estimate of drug-likeness (QED) is 0.896. The fourth-order valence-corrected chi connectivity index (χ4v) is 3.73. The molecule has 1 aliphatic carbocycles. The monoisotopic (exact) mass is 279 g/mol. The minimum Gasteiger partial charge on any atom is -0.348 e. The lowest BCUT2D eigenvalue weighted by Crippen LogP contribution is -2.35. The maximum absolute atomic E-state index is 4.61. The van der Waals surface area contributed by atoms with Crippen LogP contribution in [0.1, 0.15) is 44.4 Å². The van der Waals surface area contributed by atoms with Crippen LogP contribution in [0.2, 0.25) is 0 Å². The van der Waals surface area contributed by atoms with Gasteiger partial charge in [-0.2, -0.15) is 0 Å². The Hall–Kier alpha value is -0.610. The highest BCUT2D eigenvalue weighted by molar-refractivity contribution is 7.15. The summed E-state index contributed by atoms with van der Waals surface area (Å²) in [5.41, 5.74) is 0. The fourth-order valence-electron chi connectivity index (χ4n) is 2.81. The van der Waals surface area contributed by atoms with Crippen LogP contribution in [-0.4, -0.2) is 24.1 Å². The van der Waals surface area contributed by atoms with Crippen LogP contribution in [0.5, 0.6) is 0 Å². The molecule has 0 spiro atoms. The van der Waals surface area contributed by atoms with E-state index in [0.717, 1.165) is 24.4 Å². The molecule has 1 aromatic heterocycles. The van der Waals surface area contributed by atoms with E-state index in [0.29, 0.717) is 0 Å². The molecule has 2 fully saturated rings. The molecular formula is C15H25N3S. The zero-order valence-electron chi connectivity index (χ0n) is 12.1. The van der Waals surface area contributed by atoms with Gasteiger partial charge in [0.2, 0.25) is 0 Å². The summed E-state index contributed by atoms with van der Waals surface area (Å²) in [5, 5.41) is 4.79. The second kappa shape index (κ2) is 5.80. The van der Waals surface area contributed by atoms with E-state index in [1.807, 2.05) is 11.3 Å². The van der Waals surface area contributed by atoms with Gasteiger partial charge < -0.3 is 10.2 Å². The van der Waals surface area contributed by atoms with Crippen LogP contribution in [0.25, 0.3) is 0 Å². The van der Waals surface area contributed by atoms with Crippen molar-refractivity contribution in [2.24, 2.45) is 11.8 Å². The molecule has 106 valence electrons. The van der Waals surface area contributed by atoms with Crippen molar-refractivity contribution in [2.75, 3.05) is 18.0 Å². The molecule has 3 rings (SSSR count). The third-order valence-corrected chi connectivity index (χ3v) is 5.49. The summed E-state index contributed by atoms with van der Waals surface area (Å²) < 4.78 is 0. The predicted octanol–water partition coefficient (Wildman–Crippen LogP) is 3.27. The standard InChI is InChI=1S/C15H25N3S/c1-11(2)12-5-7-18(8-6-12)15-17-10-14(19-15)9-16-13-3-4-13/h10-13,16H,3-9H2,1-2H3. The molecule has 1 N–H and O–H groups in total. The predicted molar refractivity (Wildman–Crippen MR) is 81.8 cm³/mol. The van der Waals surface area contributed by atoms with Crippen molar-refractivity contribution < 1.29 is 0 Å². The number of aromatic nitrogens is 1. The minimum atomic E-state index is 0.785. The number of anilines is 1. The largest absolute Gasteiger partial charge is 0.348 e. The van der Waals surface area contributed by atoms with E-state index in [4.69, 9.17) is 0 Å². The first-order valence-electron chi connectivity index (χ1n) is 7.65. The van der Waals surface area contributed by atoms with E-state index in [9.17, 15) is 0 Å². The maximum atomic E-state index is 4.61. The molecule has 1 aromatic rings. The van der Waals surface area contributed by atoms with Crippen molar-refractivity contribution in [3.8, 4) is 0 Å². The van der Waals surface area contributed by atoms with Gasteiger partial charge in [-0.25, -0.2) is 4.98 Å². The molecule has 4 heteroatoms. The maximum Gasteiger partial charge on any atom is 0.185 e. The number of nitrogens with zero attached hydrogens (tertiary/aromatic N) is 2. The van der Waals surface area contributed by atoms with Crippen LogP contribution < -0.4 is 10.2 Å². The summed E-state index contributed by atoms with van der Waals surface area (Å²) >= 11 is 1.87. The normalized spacial score (nSPS) is 21.3. The molecule has 0 unspecified atom stereocenters. The fraction of sp³-hybridized carbons (Fsp3) is 0.800. The smallest absolute Gasteiger partial charge is 0.185 e. The molecule has 19 heavy (non-hydrogen) atoms. The summed E-state index contributed by atoms with van der Waals surface area (Å²) in [5.74, 6) is 1.74. The van der Waals surface area contributed by atoms with Gasteiger partial charge in [0.15, 0.2) is 5.13 Å². The van der Waals surface area contributed by atoms with Crippen LogP contribution in [0, 0.1) is 11.8 Å². The van der Waals surface area contributed by atoms with Crippen LogP contribution in [0.3, 0.4) is 0 Å². The molecule has 1 saturated carbocycles. The molecule has 0 aromatic carbocycles. The molecular weight excluding hydrogens is 254 g/mol. The highest BCUT2D eigenvalue weighted by Gasteiger charge is 2.24. The number of piperidine rings is 1. The van der Waals surface area contributed by atoms with Gasteiger partial charge in [-0.05, 0) is 37.5 Å². The van der Waals surface area contributed by atoms with Crippen molar-refractivity contribution in [3.05, 3.63) is 11.1 Å². The second-order valence-corrected chi connectivity index (χ2v) is 7.43. The lowest BCUT2D eigenvalue weighted by atomic mass is 9.87. The van der Waals surface area contributed by atoms with Crippen molar-refractivity contribution in [1.82, 2.24) is 10.3 Å². The summed E-state index contributed by atoms with van der Waals surface area (Å²) in [6.07, 6.45) is 7.42. The molecule has 1 saturated heterocycles. The first kappa shape index (κ1) is 13.4. The van der Waals surface area contributed by atoms with E-state index >= 15 is 0 Å². The Bertz CT molecular complexity index is 403. The summed E-state index contributed by atoms with van der Waals surface area (Å²) in [7, 11) is 0. The van der Waals surface area contributed by atoms with Crippen molar-refractivity contribution in [3.63, 3.8) is 0 Å². The Labute approximate surface area is 120 Å². The molecule has 1 aliphatic heterocycles. The highest BCUT2D eigenvalue weighted by Crippen LogP contribution is 2.30. The molecule has 0 amide bonds. The van der Waals surface area contributed by atoms with E-state index in [1.54, 1.807) is 0 Å². The van der Waals surface area contributed by atoms with Crippen LogP contribution in [-0.2, 0) is 6.54 Å². The molecule has 3 nitrogen and oxygen atoms in total. The van der Waals surface area contributed by atoms with Crippen molar-refractivity contribution in [2.45, 2.75) is 52.1 Å². The Morgan fingerprint density at radius 3 is 2.68 bits per heavy atom. The molecule has 0 atom stereocenters. The van der Waals surface area contributed by atoms with Gasteiger partial charge in [0.05, 0.1) is 0 Å². The Balaban J connectivity index is 1.51. The first-order valence-corrected chi connectivity index (χ1v) is 8.47. The van der Waals surface area contributed by atoms with E-state index < -0.39 is 0 Å². The van der Waals surface area contributed by atoms with Crippen LogP contribution in [0.4, 0.5) is 5.13 Å². The van der Waals surface area contributed by atoms with Crippen molar-refractivity contribution in [1.29, 1.82) is 0 Å². The van der Waals surface area contributed by atoms with Gasteiger partial charge in [-0.3, -0.25) is 0 Å². The van der Waals surface area contributed by atoms with Gasteiger partial charge in [0.25, 0.3) is 0 Å². The minimum absolute atomic E-state index is 0.785. The number of thiazole rings is 1. The van der Waals surface area contributed by atoms with Gasteiger partial charge in [-0.15, -0.1) is 11.3 Å². The molecule has 2 aliphatic rings. The van der Waals surface area contributed by atoms with Gasteiger partial charge in [-0.1, -0.05) is 13.8 Å². The second-order valence-electron chi connectivity index (χ2n) is 6.33. The Kier molecular flexibility index (Phi) is 4.08. The van der Waals surface area contributed by atoms with Crippen LogP contribution in [0.15, 0.2) is 6.20 Å². The molecule has 0 bridgehead atoms. The first-order chi connectivity index (χ1) is 9.22. The van der Waals surface area contributed by atoms with E-state index in [-0.39, 0.29) is 0 Å². The summed E-state index contributed by atoms with van der Waals surface area (Å²) in [6, 6.07) is 0.785. The average molecular weight is 279 g/mol. The van der Waals surface area contributed by atoms with Crippen molar-refractivity contribution >= 4 is 16.5 Å². The Morgan fingerprint density at radius 2 is 2.05 bits per heavy atom. The van der Waals surface area contributed by atoms with Crippen LogP contribution >= 0.6 is 11.3 Å². The average Bonchev–Trinajstić information content (AvgIpc) is 3.13. The highest BCUT2D eigenvalue weighted by atomic mass is 32.1. The zero-order valence-corrected chi connectivity index (χ0v) is 12.9. The van der Waals surface area contributed by atoms with Gasteiger partial charge in [0.1, 0.15) is 0 Å². The van der Waals surface area contributed by atoms with E-state index in [2.05, 4.69) is 35.2 Å². The molecule has 2 heterocycles. The summed E-state index contributed by atoms with van der Waals surface area (Å²) in [4.78, 5) is 8.47. The van der Waals surface area contributed by atoms with Gasteiger partial charge >= 0.3 is 0 Å². The molecule has 0 radical (unpaired) electrons. The SMILES string of the molecule is CC(C)C1CCN(c2ncc(CNC3CC3)s2)CC1.